The molecular formula is C25H24N4O5S. The Balaban J connectivity index is 1.35. The fraction of sp³-hybridized carbons (Fsp3) is 0.240. The summed E-state index contributed by atoms with van der Waals surface area (Å²) in [7, 11) is 0. The van der Waals surface area contributed by atoms with Crippen molar-refractivity contribution >= 4 is 33.9 Å². The Morgan fingerprint density at radius 3 is 2.69 bits per heavy atom. The first-order chi connectivity index (χ1) is 16.8. The van der Waals surface area contributed by atoms with Crippen LogP contribution in [0.4, 0.5) is 5.69 Å². The minimum absolute atomic E-state index is 0.162. The summed E-state index contributed by atoms with van der Waals surface area (Å²) in [6.45, 7) is 5.59. The van der Waals surface area contributed by atoms with Crippen molar-refractivity contribution in [1.82, 2.24) is 14.6 Å². The van der Waals surface area contributed by atoms with E-state index >= 15 is 0 Å². The molecule has 10 heteroatoms. The number of esters is 1. The first-order valence-corrected chi connectivity index (χ1v) is 11.8. The van der Waals surface area contributed by atoms with Crippen molar-refractivity contribution in [3.63, 3.8) is 0 Å². The summed E-state index contributed by atoms with van der Waals surface area (Å²) in [5, 5.41) is 7.70. The van der Waals surface area contributed by atoms with Gasteiger partial charge < -0.3 is 14.8 Å². The maximum Gasteiger partial charge on any atom is 0.338 e. The zero-order valence-electron chi connectivity index (χ0n) is 19.5. The number of fused-ring (bicyclic) bond motifs is 1. The average Bonchev–Trinajstić information content (AvgIpc) is 3.27. The van der Waals surface area contributed by atoms with Gasteiger partial charge in [-0.3, -0.25) is 9.59 Å². The minimum Gasteiger partial charge on any atom is -0.484 e. The van der Waals surface area contributed by atoms with E-state index in [0.29, 0.717) is 28.5 Å². The molecule has 35 heavy (non-hydrogen) atoms. The van der Waals surface area contributed by atoms with Gasteiger partial charge in [0.15, 0.2) is 6.61 Å². The fourth-order valence-corrected chi connectivity index (χ4v) is 4.07. The topological polar surface area (TPSA) is 112 Å². The quantitative estimate of drug-likeness (QED) is 0.373. The summed E-state index contributed by atoms with van der Waals surface area (Å²) in [4.78, 5) is 41.9. The molecular weight excluding hydrogens is 468 g/mol. The molecule has 2 aromatic heterocycles. The molecule has 9 nitrogen and oxygen atoms in total. The second-order valence-electron chi connectivity index (χ2n) is 7.87. The van der Waals surface area contributed by atoms with Crippen molar-refractivity contribution in [2.24, 2.45) is 0 Å². The molecule has 0 aliphatic rings. The van der Waals surface area contributed by atoms with E-state index in [-0.39, 0.29) is 30.2 Å². The lowest BCUT2D eigenvalue weighted by molar-refractivity contribution is -0.118. The van der Waals surface area contributed by atoms with Gasteiger partial charge in [-0.1, -0.05) is 30.4 Å². The fourth-order valence-electron chi connectivity index (χ4n) is 3.21. The van der Waals surface area contributed by atoms with Gasteiger partial charge in [0, 0.05) is 11.8 Å². The third-order valence-electron chi connectivity index (χ3n) is 5.22. The van der Waals surface area contributed by atoms with E-state index in [0.717, 1.165) is 16.1 Å². The van der Waals surface area contributed by atoms with E-state index in [1.807, 2.05) is 39.0 Å². The van der Waals surface area contributed by atoms with Gasteiger partial charge >= 0.3 is 5.97 Å². The Morgan fingerprint density at radius 2 is 1.91 bits per heavy atom. The van der Waals surface area contributed by atoms with Crippen molar-refractivity contribution in [3.05, 3.63) is 86.3 Å². The number of benzene rings is 2. The normalized spacial score (nSPS) is 10.8. The summed E-state index contributed by atoms with van der Waals surface area (Å²) >= 11 is 1.32. The smallest absolute Gasteiger partial charge is 0.338 e. The summed E-state index contributed by atoms with van der Waals surface area (Å²) < 4.78 is 12.1. The molecule has 1 amide bonds. The van der Waals surface area contributed by atoms with Crippen molar-refractivity contribution in [3.8, 4) is 5.75 Å². The Morgan fingerprint density at radius 1 is 1.09 bits per heavy atom. The number of hydrogen-bond donors (Lipinski definition) is 1. The molecule has 0 fully saturated rings. The van der Waals surface area contributed by atoms with Gasteiger partial charge in [0.05, 0.1) is 11.3 Å². The van der Waals surface area contributed by atoms with E-state index in [2.05, 4.69) is 15.4 Å². The number of ether oxygens (including phenoxy) is 2. The monoisotopic (exact) mass is 492 g/mol. The average molecular weight is 493 g/mol. The molecule has 0 spiro atoms. The van der Waals surface area contributed by atoms with Gasteiger partial charge in [-0.15, -0.1) is 0 Å². The molecule has 2 heterocycles. The molecule has 4 aromatic rings. The lowest BCUT2D eigenvalue weighted by Gasteiger charge is -2.10. The van der Waals surface area contributed by atoms with Crippen LogP contribution in [0.25, 0.3) is 4.96 Å². The predicted molar refractivity (Wildman–Crippen MR) is 132 cm³/mol. The highest BCUT2D eigenvalue weighted by Crippen LogP contribution is 2.17. The number of carbonyl (C=O) groups is 2. The SMILES string of the molecule is CCc1nn2c(=O)cc(COC(=O)c3cccc(NC(=O)COc4ccc(C)c(C)c4)c3)nc2s1. The van der Waals surface area contributed by atoms with E-state index in [1.165, 1.54) is 28.0 Å². The van der Waals surface area contributed by atoms with Crippen LogP contribution in [0.15, 0.2) is 53.3 Å². The molecule has 2 aromatic carbocycles. The standard InChI is InChI=1S/C25H24N4O5S/c1-4-22-28-29-23(31)12-19(27-25(29)35-22)13-34-24(32)17-6-5-7-18(11-17)26-21(30)14-33-20-9-8-15(2)16(3)10-20/h5-12H,4,13-14H2,1-3H3,(H,26,30). The van der Waals surface area contributed by atoms with Crippen LogP contribution in [0.2, 0.25) is 0 Å². The number of nitrogens with zero attached hydrogens (tertiary/aromatic N) is 3. The van der Waals surface area contributed by atoms with Crippen LogP contribution in [-0.4, -0.2) is 33.1 Å². The maximum atomic E-state index is 12.5. The number of rotatable bonds is 8. The molecule has 0 saturated carbocycles. The van der Waals surface area contributed by atoms with Crippen LogP contribution >= 0.6 is 11.3 Å². The number of nitrogens with one attached hydrogen (secondary N) is 1. The van der Waals surface area contributed by atoms with E-state index in [1.54, 1.807) is 18.2 Å². The predicted octanol–water partition coefficient (Wildman–Crippen LogP) is 3.70. The number of hydrogen-bond acceptors (Lipinski definition) is 8. The zero-order chi connectivity index (χ0) is 24.9. The highest BCUT2D eigenvalue weighted by Gasteiger charge is 2.13. The number of aromatic nitrogens is 3. The molecule has 0 radical (unpaired) electrons. The van der Waals surface area contributed by atoms with Gasteiger partial charge in [0.25, 0.3) is 11.5 Å². The lowest BCUT2D eigenvalue weighted by atomic mass is 10.1. The van der Waals surface area contributed by atoms with Crippen LogP contribution in [-0.2, 0) is 22.6 Å². The summed E-state index contributed by atoms with van der Waals surface area (Å²) in [5.41, 5.74) is 2.91. The van der Waals surface area contributed by atoms with E-state index in [9.17, 15) is 14.4 Å². The first-order valence-electron chi connectivity index (χ1n) is 11.0. The first kappa shape index (κ1) is 24.1. The molecule has 0 atom stereocenters. The Hall–Kier alpha value is -4.05. The lowest BCUT2D eigenvalue weighted by Crippen LogP contribution is -2.20. The van der Waals surface area contributed by atoms with Gasteiger partial charge in [0.2, 0.25) is 4.96 Å². The summed E-state index contributed by atoms with van der Waals surface area (Å²) in [6.07, 6.45) is 0.697. The Kier molecular flexibility index (Phi) is 7.21. The van der Waals surface area contributed by atoms with Crippen LogP contribution in [0.1, 0.15) is 39.1 Å². The van der Waals surface area contributed by atoms with Crippen molar-refractivity contribution in [2.45, 2.75) is 33.8 Å². The van der Waals surface area contributed by atoms with Crippen LogP contribution in [0, 0.1) is 13.8 Å². The second kappa shape index (κ2) is 10.5. The van der Waals surface area contributed by atoms with Crippen molar-refractivity contribution in [1.29, 1.82) is 0 Å². The number of amides is 1. The third kappa shape index (κ3) is 5.90. The summed E-state index contributed by atoms with van der Waals surface area (Å²) in [5.74, 6) is -0.355. The van der Waals surface area contributed by atoms with Crippen molar-refractivity contribution < 1.29 is 19.1 Å². The highest BCUT2D eigenvalue weighted by atomic mass is 32.1. The molecule has 0 bridgehead atoms. The Labute approximate surface area is 205 Å². The molecule has 0 aliphatic carbocycles. The largest absolute Gasteiger partial charge is 0.484 e. The number of anilines is 1. The minimum atomic E-state index is -0.604. The zero-order valence-corrected chi connectivity index (χ0v) is 20.3. The molecule has 1 N–H and O–H groups in total. The second-order valence-corrected chi connectivity index (χ2v) is 8.91. The Bertz CT molecular complexity index is 1460. The van der Waals surface area contributed by atoms with Crippen LogP contribution in [0.3, 0.4) is 0 Å². The number of aryl methyl sites for hydroxylation is 3. The van der Waals surface area contributed by atoms with Gasteiger partial charge in [-0.2, -0.15) is 9.61 Å². The summed E-state index contributed by atoms with van der Waals surface area (Å²) in [6, 6.07) is 13.3. The molecule has 0 saturated heterocycles. The van der Waals surface area contributed by atoms with E-state index < -0.39 is 5.97 Å². The maximum absolute atomic E-state index is 12.5. The van der Waals surface area contributed by atoms with Gasteiger partial charge in [-0.25, -0.2) is 9.78 Å². The third-order valence-corrected chi connectivity index (χ3v) is 6.28. The van der Waals surface area contributed by atoms with Crippen molar-refractivity contribution in [2.75, 3.05) is 11.9 Å². The van der Waals surface area contributed by atoms with Crippen LogP contribution in [0.5, 0.6) is 5.75 Å². The molecule has 180 valence electrons. The molecule has 0 unspecified atom stereocenters. The molecule has 4 rings (SSSR count). The van der Waals surface area contributed by atoms with Crippen LogP contribution < -0.4 is 15.6 Å². The molecule has 0 aliphatic heterocycles. The van der Waals surface area contributed by atoms with E-state index in [4.69, 9.17) is 9.47 Å². The highest BCUT2D eigenvalue weighted by molar-refractivity contribution is 7.16. The van der Waals surface area contributed by atoms with Gasteiger partial charge in [0.1, 0.15) is 17.4 Å². The van der Waals surface area contributed by atoms with Gasteiger partial charge in [-0.05, 0) is 61.7 Å². The number of carbonyl (C=O) groups excluding carboxylic acids is 2.